The molecule has 3 rings (SSSR count). The molecule has 0 bridgehead atoms. The van der Waals surface area contributed by atoms with E-state index >= 15 is 0 Å². The Morgan fingerprint density at radius 3 is 2.55 bits per heavy atom. The van der Waals surface area contributed by atoms with Crippen LogP contribution in [0.5, 0.6) is 0 Å². The van der Waals surface area contributed by atoms with Gasteiger partial charge in [-0.05, 0) is 18.1 Å². The molecule has 0 unspecified atom stereocenters. The van der Waals surface area contributed by atoms with Crippen LogP contribution in [-0.2, 0) is 11.2 Å². The van der Waals surface area contributed by atoms with E-state index in [4.69, 9.17) is 0 Å². The van der Waals surface area contributed by atoms with Crippen molar-refractivity contribution in [2.24, 2.45) is 5.29 Å². The Hall–Kier alpha value is -2.71. The van der Waals surface area contributed by atoms with Crippen LogP contribution in [0.15, 0.2) is 17.4 Å². The summed E-state index contributed by atoms with van der Waals surface area (Å²) in [5, 5.41) is 18.3. The Balaban J connectivity index is 1.94. The molecule has 0 aromatic heterocycles. The number of aryl methyl sites for hydroxylation is 1. The molecule has 0 spiro atoms. The Bertz CT molecular complexity index is 640. The summed E-state index contributed by atoms with van der Waals surface area (Å²) < 4.78 is 0. The zero-order valence-corrected chi connectivity index (χ0v) is 11.8. The third-order valence-corrected chi connectivity index (χ3v) is 4.00. The van der Waals surface area contributed by atoms with Crippen molar-refractivity contribution in [3.8, 4) is 0 Å². The Kier molecular flexibility index (Phi) is 3.61. The minimum Gasteiger partial charge on any atom is -0.362 e. The van der Waals surface area contributed by atoms with Crippen molar-refractivity contribution in [2.45, 2.75) is 12.8 Å². The quantitative estimate of drug-likeness (QED) is 0.512. The van der Waals surface area contributed by atoms with Gasteiger partial charge in [0, 0.05) is 25.6 Å². The molecule has 1 saturated heterocycles. The number of carbonyl (C=O) groups is 1. The number of hydrogen-bond donors (Lipinski definition) is 1. The molecule has 0 saturated carbocycles. The third-order valence-electron chi connectivity index (χ3n) is 4.00. The van der Waals surface area contributed by atoms with Crippen LogP contribution in [0.1, 0.15) is 12.0 Å². The molecule has 0 aliphatic carbocycles. The van der Waals surface area contributed by atoms with Gasteiger partial charge in [-0.25, -0.2) is 0 Å². The second-order valence-corrected chi connectivity index (χ2v) is 5.33. The van der Waals surface area contributed by atoms with Gasteiger partial charge < -0.3 is 10.2 Å². The van der Waals surface area contributed by atoms with E-state index in [-0.39, 0.29) is 11.6 Å². The number of nitroso groups, excluding NO2 is 1. The standard InChI is InChI=1S/C13H15N5O4/c19-13-2-1-9-7-11(12(18(21)22)8-10(9)14-13)16-3-5-17(15-20)6-4-16/h7-8H,1-6H2,(H,14,19). The topological polar surface area (TPSA) is 108 Å². The lowest BCUT2D eigenvalue weighted by molar-refractivity contribution is -0.384. The van der Waals surface area contributed by atoms with Gasteiger partial charge in [0.25, 0.3) is 5.69 Å². The van der Waals surface area contributed by atoms with E-state index in [0.717, 1.165) is 5.56 Å². The molecule has 1 N–H and O–H groups in total. The maximum Gasteiger partial charge on any atom is 0.294 e. The van der Waals surface area contributed by atoms with Crippen LogP contribution < -0.4 is 10.2 Å². The van der Waals surface area contributed by atoms with E-state index in [1.165, 1.54) is 11.1 Å². The minimum atomic E-state index is -0.444. The summed E-state index contributed by atoms with van der Waals surface area (Å²) in [6.45, 7) is 1.87. The molecule has 1 amide bonds. The molecule has 116 valence electrons. The number of nitrogens with zero attached hydrogens (tertiary/aromatic N) is 4. The molecule has 0 atom stereocenters. The summed E-state index contributed by atoms with van der Waals surface area (Å²) in [5.74, 6) is -0.125. The lowest BCUT2D eigenvalue weighted by Gasteiger charge is -2.33. The number of nitro benzene ring substituents is 1. The predicted molar refractivity (Wildman–Crippen MR) is 79.6 cm³/mol. The first-order valence-electron chi connectivity index (χ1n) is 7.03. The number of fused-ring (bicyclic) bond motifs is 1. The third kappa shape index (κ3) is 2.57. The van der Waals surface area contributed by atoms with Crippen molar-refractivity contribution in [3.63, 3.8) is 0 Å². The number of anilines is 2. The van der Waals surface area contributed by atoms with Gasteiger partial charge in [0.1, 0.15) is 5.69 Å². The second kappa shape index (κ2) is 5.58. The molecule has 2 aliphatic heterocycles. The second-order valence-electron chi connectivity index (χ2n) is 5.33. The number of benzene rings is 1. The smallest absolute Gasteiger partial charge is 0.294 e. The van der Waals surface area contributed by atoms with Gasteiger partial charge >= 0.3 is 0 Å². The van der Waals surface area contributed by atoms with Gasteiger partial charge in [0.15, 0.2) is 0 Å². The summed E-state index contributed by atoms with van der Waals surface area (Å²) in [4.78, 5) is 34.7. The summed E-state index contributed by atoms with van der Waals surface area (Å²) in [5.41, 5.74) is 1.91. The summed E-state index contributed by atoms with van der Waals surface area (Å²) in [7, 11) is 0. The molecule has 2 aliphatic rings. The van der Waals surface area contributed by atoms with E-state index in [9.17, 15) is 19.8 Å². The summed E-state index contributed by atoms with van der Waals surface area (Å²) in [6, 6.07) is 3.20. The molecule has 0 radical (unpaired) electrons. The minimum absolute atomic E-state index is 0.0338. The zero-order chi connectivity index (χ0) is 15.7. The number of amides is 1. The number of hydrogen-bond acceptors (Lipinski definition) is 6. The number of rotatable bonds is 3. The zero-order valence-electron chi connectivity index (χ0n) is 11.8. The van der Waals surface area contributed by atoms with Gasteiger partial charge in [-0.3, -0.25) is 19.9 Å². The van der Waals surface area contributed by atoms with E-state index in [1.807, 2.05) is 4.90 Å². The van der Waals surface area contributed by atoms with Crippen LogP contribution in [0.3, 0.4) is 0 Å². The highest BCUT2D eigenvalue weighted by molar-refractivity contribution is 5.95. The van der Waals surface area contributed by atoms with Crippen molar-refractivity contribution < 1.29 is 9.72 Å². The average Bonchev–Trinajstić information content (AvgIpc) is 2.53. The number of nitro groups is 1. The van der Waals surface area contributed by atoms with E-state index in [2.05, 4.69) is 10.6 Å². The van der Waals surface area contributed by atoms with E-state index < -0.39 is 4.92 Å². The lowest BCUT2D eigenvalue weighted by Crippen LogP contribution is -2.44. The molecular formula is C13H15N5O4. The van der Waals surface area contributed by atoms with Gasteiger partial charge in [0.05, 0.1) is 29.0 Å². The fourth-order valence-electron chi connectivity index (χ4n) is 2.82. The Labute approximate surface area is 126 Å². The maximum atomic E-state index is 11.4. The summed E-state index contributed by atoms with van der Waals surface area (Å²) >= 11 is 0. The molecule has 9 nitrogen and oxygen atoms in total. The lowest BCUT2D eigenvalue weighted by atomic mass is 10.0. The molecule has 1 aromatic carbocycles. The molecular weight excluding hydrogens is 290 g/mol. The van der Waals surface area contributed by atoms with Crippen LogP contribution >= 0.6 is 0 Å². The first-order chi connectivity index (χ1) is 10.6. The summed E-state index contributed by atoms with van der Waals surface area (Å²) in [6.07, 6.45) is 0.953. The first kappa shape index (κ1) is 14.2. The Morgan fingerprint density at radius 2 is 1.91 bits per heavy atom. The van der Waals surface area contributed by atoms with Gasteiger partial charge in [0.2, 0.25) is 5.91 Å². The fraction of sp³-hybridized carbons (Fsp3) is 0.462. The highest BCUT2D eigenvalue weighted by atomic mass is 16.6. The highest BCUT2D eigenvalue weighted by Crippen LogP contribution is 2.36. The van der Waals surface area contributed by atoms with E-state index in [1.54, 1.807) is 6.07 Å². The number of piperazine rings is 1. The van der Waals surface area contributed by atoms with Crippen molar-refractivity contribution in [1.82, 2.24) is 5.01 Å². The van der Waals surface area contributed by atoms with Crippen molar-refractivity contribution in [3.05, 3.63) is 32.7 Å². The van der Waals surface area contributed by atoms with Gasteiger partial charge in [-0.15, -0.1) is 4.91 Å². The van der Waals surface area contributed by atoms with Crippen LogP contribution in [-0.4, -0.2) is 42.0 Å². The van der Waals surface area contributed by atoms with Crippen LogP contribution in [0, 0.1) is 15.0 Å². The average molecular weight is 305 g/mol. The molecule has 22 heavy (non-hydrogen) atoms. The Morgan fingerprint density at radius 1 is 1.18 bits per heavy atom. The molecule has 1 fully saturated rings. The normalized spacial score (nSPS) is 17.7. The first-order valence-corrected chi connectivity index (χ1v) is 7.03. The largest absolute Gasteiger partial charge is 0.362 e. The van der Waals surface area contributed by atoms with Crippen molar-refractivity contribution in [1.29, 1.82) is 0 Å². The molecule has 9 heteroatoms. The van der Waals surface area contributed by atoms with Crippen molar-refractivity contribution >= 4 is 23.0 Å². The van der Waals surface area contributed by atoms with Crippen molar-refractivity contribution in [2.75, 3.05) is 36.4 Å². The van der Waals surface area contributed by atoms with E-state index in [0.29, 0.717) is 50.4 Å². The van der Waals surface area contributed by atoms with Gasteiger partial charge in [-0.2, -0.15) is 0 Å². The number of carbonyl (C=O) groups excluding carboxylic acids is 1. The molecule has 2 heterocycles. The van der Waals surface area contributed by atoms with Crippen LogP contribution in [0.25, 0.3) is 0 Å². The van der Waals surface area contributed by atoms with Crippen LogP contribution in [0.2, 0.25) is 0 Å². The number of nitrogens with one attached hydrogen (secondary N) is 1. The van der Waals surface area contributed by atoms with Gasteiger partial charge in [-0.1, -0.05) is 0 Å². The monoisotopic (exact) mass is 305 g/mol. The maximum absolute atomic E-state index is 11.4. The SMILES string of the molecule is O=NN1CCN(c2cc3c(cc2[N+](=O)[O-])NC(=O)CC3)CC1. The molecule has 1 aromatic rings. The fourth-order valence-corrected chi connectivity index (χ4v) is 2.82. The predicted octanol–water partition coefficient (Wildman–Crippen LogP) is 1.28. The van der Waals surface area contributed by atoms with Crippen LogP contribution in [0.4, 0.5) is 17.1 Å². The highest BCUT2D eigenvalue weighted by Gasteiger charge is 2.27.